The minimum absolute atomic E-state index is 0.101. The summed E-state index contributed by atoms with van der Waals surface area (Å²) in [6, 6.07) is 12.4. The molecule has 0 saturated carbocycles. The molecular formula is C21H25NO5. The van der Waals surface area contributed by atoms with Crippen molar-refractivity contribution in [3.63, 3.8) is 0 Å². The predicted molar refractivity (Wildman–Crippen MR) is 103 cm³/mol. The van der Waals surface area contributed by atoms with E-state index >= 15 is 0 Å². The molecule has 0 spiro atoms. The fraction of sp³-hybridized carbons (Fsp3) is 0.381. The van der Waals surface area contributed by atoms with Crippen LogP contribution in [-0.2, 0) is 4.74 Å². The highest BCUT2D eigenvalue weighted by atomic mass is 16.5. The van der Waals surface area contributed by atoms with Gasteiger partial charge >= 0.3 is 0 Å². The lowest BCUT2D eigenvalue weighted by Gasteiger charge is -2.23. The van der Waals surface area contributed by atoms with Crippen molar-refractivity contribution in [2.24, 2.45) is 0 Å². The molecule has 0 aromatic heterocycles. The van der Waals surface area contributed by atoms with Gasteiger partial charge in [0.25, 0.3) is 5.91 Å². The first-order valence-electron chi connectivity index (χ1n) is 9.08. The van der Waals surface area contributed by atoms with Crippen LogP contribution in [0.2, 0.25) is 0 Å². The summed E-state index contributed by atoms with van der Waals surface area (Å²) in [4.78, 5) is 12.7. The number of benzene rings is 2. The molecule has 1 fully saturated rings. The summed E-state index contributed by atoms with van der Waals surface area (Å²) in [6.07, 6.45) is 3.36. The second-order valence-electron chi connectivity index (χ2n) is 6.32. The third kappa shape index (κ3) is 4.92. The van der Waals surface area contributed by atoms with Crippen molar-refractivity contribution in [1.82, 2.24) is 0 Å². The molecule has 0 bridgehead atoms. The van der Waals surface area contributed by atoms with Crippen LogP contribution in [0.25, 0.3) is 0 Å². The molecule has 1 heterocycles. The van der Waals surface area contributed by atoms with Gasteiger partial charge < -0.3 is 24.3 Å². The van der Waals surface area contributed by atoms with E-state index in [9.17, 15) is 4.79 Å². The van der Waals surface area contributed by atoms with Gasteiger partial charge in [-0.1, -0.05) is 12.1 Å². The number of rotatable bonds is 7. The molecule has 6 heteroatoms. The third-order valence-electron chi connectivity index (χ3n) is 4.49. The number of carbonyl (C=O) groups is 1. The van der Waals surface area contributed by atoms with Gasteiger partial charge in [-0.15, -0.1) is 0 Å². The maximum absolute atomic E-state index is 12.7. The summed E-state index contributed by atoms with van der Waals surface area (Å²) in [5, 5.41) is 2.90. The molecular weight excluding hydrogens is 346 g/mol. The minimum Gasteiger partial charge on any atom is -0.497 e. The lowest BCUT2D eigenvalue weighted by atomic mass is 10.1. The molecule has 1 saturated heterocycles. The van der Waals surface area contributed by atoms with Crippen molar-refractivity contribution in [3.8, 4) is 17.2 Å². The average molecular weight is 371 g/mol. The zero-order chi connectivity index (χ0) is 19.1. The van der Waals surface area contributed by atoms with Crippen molar-refractivity contribution >= 4 is 11.6 Å². The molecule has 144 valence electrons. The van der Waals surface area contributed by atoms with Gasteiger partial charge in [-0.05, 0) is 43.5 Å². The van der Waals surface area contributed by atoms with Crippen LogP contribution in [0.15, 0.2) is 42.5 Å². The van der Waals surface area contributed by atoms with Crippen LogP contribution < -0.4 is 19.5 Å². The average Bonchev–Trinajstić information content (AvgIpc) is 2.73. The van der Waals surface area contributed by atoms with Gasteiger partial charge in [-0.25, -0.2) is 0 Å². The van der Waals surface area contributed by atoms with E-state index in [4.69, 9.17) is 18.9 Å². The lowest BCUT2D eigenvalue weighted by molar-refractivity contribution is -0.0109. The zero-order valence-corrected chi connectivity index (χ0v) is 15.7. The van der Waals surface area contributed by atoms with E-state index in [2.05, 4.69) is 5.32 Å². The summed E-state index contributed by atoms with van der Waals surface area (Å²) >= 11 is 0. The van der Waals surface area contributed by atoms with Crippen LogP contribution in [0.1, 0.15) is 29.6 Å². The topological polar surface area (TPSA) is 66.0 Å². The molecule has 1 atom stereocenters. The first-order chi connectivity index (χ1) is 13.2. The highest BCUT2D eigenvalue weighted by molar-refractivity contribution is 6.07. The van der Waals surface area contributed by atoms with E-state index in [1.165, 1.54) is 7.11 Å². The minimum atomic E-state index is -0.278. The van der Waals surface area contributed by atoms with Crippen LogP contribution in [0.5, 0.6) is 17.2 Å². The Kier molecular flexibility index (Phi) is 6.54. The highest BCUT2D eigenvalue weighted by Crippen LogP contribution is 2.29. The standard InChI is InChI=1S/C21H25NO5/c1-24-15-10-11-17(20(13-15)25-2)21(23)22-18-8-3-4-9-19(18)27-14-16-7-5-6-12-26-16/h3-4,8-11,13,16H,5-7,12,14H2,1-2H3,(H,22,23)/t16-/m0/s1. The Bertz CT molecular complexity index is 771. The van der Waals surface area contributed by atoms with Crippen LogP contribution in [0.4, 0.5) is 5.69 Å². The quantitative estimate of drug-likeness (QED) is 0.799. The summed E-state index contributed by atoms with van der Waals surface area (Å²) in [7, 11) is 3.09. The van der Waals surface area contributed by atoms with Gasteiger partial charge in [0, 0.05) is 12.7 Å². The molecule has 1 aliphatic heterocycles. The molecule has 2 aromatic carbocycles. The molecule has 2 aromatic rings. The molecule has 27 heavy (non-hydrogen) atoms. The van der Waals surface area contributed by atoms with Gasteiger partial charge in [-0.3, -0.25) is 4.79 Å². The SMILES string of the molecule is COc1ccc(C(=O)Nc2ccccc2OC[C@@H]2CCCCO2)c(OC)c1. The van der Waals surface area contributed by atoms with E-state index in [1.807, 2.05) is 24.3 Å². The number of carbonyl (C=O) groups excluding carboxylic acids is 1. The van der Waals surface area contributed by atoms with E-state index in [1.54, 1.807) is 25.3 Å². The van der Waals surface area contributed by atoms with Crippen molar-refractivity contribution in [3.05, 3.63) is 48.0 Å². The van der Waals surface area contributed by atoms with Crippen molar-refractivity contribution in [1.29, 1.82) is 0 Å². The Labute approximate surface area is 159 Å². The van der Waals surface area contributed by atoms with E-state index in [0.29, 0.717) is 35.1 Å². The van der Waals surface area contributed by atoms with E-state index in [0.717, 1.165) is 25.9 Å². The highest BCUT2D eigenvalue weighted by Gasteiger charge is 2.17. The molecule has 0 aliphatic carbocycles. The lowest BCUT2D eigenvalue weighted by Crippen LogP contribution is -2.26. The molecule has 1 N–H and O–H groups in total. The largest absolute Gasteiger partial charge is 0.497 e. The summed E-state index contributed by atoms with van der Waals surface area (Å²) in [5.41, 5.74) is 1.03. The van der Waals surface area contributed by atoms with Crippen LogP contribution >= 0.6 is 0 Å². The summed E-state index contributed by atoms with van der Waals surface area (Å²) in [6.45, 7) is 1.25. The van der Waals surface area contributed by atoms with Crippen LogP contribution in [-0.4, -0.2) is 39.4 Å². The predicted octanol–water partition coefficient (Wildman–Crippen LogP) is 3.90. The maximum atomic E-state index is 12.7. The number of amides is 1. The summed E-state index contributed by atoms with van der Waals surface area (Å²) < 4.78 is 22.1. The number of para-hydroxylation sites is 2. The number of hydrogen-bond donors (Lipinski definition) is 1. The Hall–Kier alpha value is -2.73. The second-order valence-corrected chi connectivity index (χ2v) is 6.32. The summed E-state index contributed by atoms with van der Waals surface area (Å²) in [5.74, 6) is 1.41. The molecule has 0 radical (unpaired) electrons. The molecule has 0 unspecified atom stereocenters. The fourth-order valence-electron chi connectivity index (χ4n) is 2.99. The van der Waals surface area contributed by atoms with Gasteiger partial charge in [0.1, 0.15) is 23.9 Å². The Balaban J connectivity index is 1.71. The van der Waals surface area contributed by atoms with Crippen molar-refractivity contribution in [2.75, 3.05) is 32.8 Å². The smallest absolute Gasteiger partial charge is 0.259 e. The van der Waals surface area contributed by atoms with E-state index in [-0.39, 0.29) is 12.0 Å². The van der Waals surface area contributed by atoms with Crippen molar-refractivity contribution < 1.29 is 23.7 Å². The number of hydrogen-bond acceptors (Lipinski definition) is 5. The Morgan fingerprint density at radius 3 is 2.70 bits per heavy atom. The second kappa shape index (κ2) is 9.28. The van der Waals surface area contributed by atoms with Crippen molar-refractivity contribution in [2.45, 2.75) is 25.4 Å². The van der Waals surface area contributed by atoms with Gasteiger partial charge in [0.15, 0.2) is 0 Å². The number of anilines is 1. The fourth-order valence-corrected chi connectivity index (χ4v) is 2.99. The van der Waals surface area contributed by atoms with Crippen LogP contribution in [0.3, 0.4) is 0 Å². The number of methoxy groups -OCH3 is 2. The zero-order valence-electron chi connectivity index (χ0n) is 15.7. The first-order valence-corrected chi connectivity index (χ1v) is 9.08. The van der Waals surface area contributed by atoms with Gasteiger partial charge in [0.05, 0.1) is 31.6 Å². The normalized spacial score (nSPS) is 16.4. The first kappa shape index (κ1) is 19.0. The molecule has 1 amide bonds. The molecule has 6 nitrogen and oxygen atoms in total. The number of ether oxygens (including phenoxy) is 4. The van der Waals surface area contributed by atoms with Gasteiger partial charge in [0.2, 0.25) is 0 Å². The molecule has 1 aliphatic rings. The van der Waals surface area contributed by atoms with Gasteiger partial charge in [-0.2, -0.15) is 0 Å². The monoisotopic (exact) mass is 371 g/mol. The maximum Gasteiger partial charge on any atom is 0.259 e. The van der Waals surface area contributed by atoms with Crippen LogP contribution in [0, 0.1) is 0 Å². The Morgan fingerprint density at radius 1 is 1.11 bits per heavy atom. The molecule has 3 rings (SSSR count). The van der Waals surface area contributed by atoms with E-state index < -0.39 is 0 Å². The third-order valence-corrected chi connectivity index (χ3v) is 4.49. The number of nitrogens with one attached hydrogen (secondary N) is 1. The Morgan fingerprint density at radius 2 is 1.96 bits per heavy atom.